The highest BCUT2D eigenvalue weighted by Gasteiger charge is 2.18. The molecule has 0 fully saturated rings. The molecule has 0 aliphatic carbocycles. The topological polar surface area (TPSA) is 0 Å². The quantitative estimate of drug-likeness (QED) is 0.128. The van der Waals surface area contributed by atoms with Crippen LogP contribution in [0.4, 0.5) is 0 Å². The molecule has 0 N–H and O–H groups in total. The summed E-state index contributed by atoms with van der Waals surface area (Å²) in [4.78, 5) is 0. The van der Waals surface area contributed by atoms with Gasteiger partial charge in [0, 0.05) is 0 Å². The third kappa shape index (κ3) is 5.29. The fourth-order valence-corrected chi connectivity index (χ4v) is 7.55. The van der Waals surface area contributed by atoms with Crippen molar-refractivity contribution in [2.45, 2.75) is 6.42 Å². The van der Waals surface area contributed by atoms with Gasteiger partial charge in [-0.1, -0.05) is 194 Å². The third-order valence-electron chi connectivity index (χ3n) is 9.89. The fraction of sp³-hybridized carbons (Fsp3) is 0.0204. The van der Waals surface area contributed by atoms with Crippen molar-refractivity contribution in [3.05, 3.63) is 199 Å². The number of fused-ring (bicyclic) bond motifs is 5. The van der Waals surface area contributed by atoms with Gasteiger partial charge in [0.15, 0.2) is 0 Å². The van der Waals surface area contributed by atoms with Crippen molar-refractivity contribution in [2.75, 3.05) is 0 Å². The van der Waals surface area contributed by atoms with E-state index in [4.69, 9.17) is 0 Å². The SMILES string of the molecule is C(=C\c1ccc(-c2c3ccccc3c(-c3ccccc3)c3c2ccc2ccccc23)cc1)/Cc1ccc(-c2cccc3ccccc23)cc1. The molecule has 0 amide bonds. The smallest absolute Gasteiger partial charge is 0.00141 e. The molecule has 9 rings (SSSR count). The van der Waals surface area contributed by atoms with Gasteiger partial charge in [0.05, 0.1) is 0 Å². The van der Waals surface area contributed by atoms with E-state index in [1.165, 1.54) is 87.6 Å². The summed E-state index contributed by atoms with van der Waals surface area (Å²) >= 11 is 0. The van der Waals surface area contributed by atoms with E-state index in [1.54, 1.807) is 0 Å². The second-order valence-electron chi connectivity index (χ2n) is 12.8. The molecule has 0 aliphatic heterocycles. The second-order valence-corrected chi connectivity index (χ2v) is 12.8. The summed E-state index contributed by atoms with van der Waals surface area (Å²) in [6.45, 7) is 0. The average molecular weight is 623 g/mol. The minimum atomic E-state index is 0.890. The van der Waals surface area contributed by atoms with Crippen LogP contribution in [-0.2, 0) is 6.42 Å². The van der Waals surface area contributed by atoms with E-state index in [0.717, 1.165) is 6.42 Å². The first-order valence-electron chi connectivity index (χ1n) is 17.1. The largest absolute Gasteiger partial charge is 0.0795 e. The predicted octanol–water partition coefficient (Wildman–Crippen LogP) is 13.6. The van der Waals surface area contributed by atoms with E-state index >= 15 is 0 Å². The van der Waals surface area contributed by atoms with Gasteiger partial charge in [-0.05, 0) is 94.0 Å². The van der Waals surface area contributed by atoms with Gasteiger partial charge in [-0.2, -0.15) is 0 Å². The lowest BCUT2D eigenvalue weighted by atomic mass is 9.84. The summed E-state index contributed by atoms with van der Waals surface area (Å²) in [7, 11) is 0. The highest BCUT2D eigenvalue weighted by Crippen LogP contribution is 2.46. The van der Waals surface area contributed by atoms with E-state index in [1.807, 2.05) is 0 Å². The van der Waals surface area contributed by atoms with Crippen LogP contribution < -0.4 is 0 Å². The molecule has 0 nitrogen and oxygen atoms in total. The van der Waals surface area contributed by atoms with Crippen molar-refractivity contribution >= 4 is 49.2 Å². The van der Waals surface area contributed by atoms with E-state index in [-0.39, 0.29) is 0 Å². The lowest BCUT2D eigenvalue weighted by Gasteiger charge is -2.19. The Hall–Kier alpha value is -6.24. The van der Waals surface area contributed by atoms with Gasteiger partial charge >= 0.3 is 0 Å². The van der Waals surface area contributed by atoms with Gasteiger partial charge in [-0.3, -0.25) is 0 Å². The number of benzene rings is 9. The molecule has 0 saturated heterocycles. The molecule has 0 heterocycles. The summed E-state index contributed by atoms with van der Waals surface area (Å²) in [5.74, 6) is 0. The van der Waals surface area contributed by atoms with Gasteiger partial charge in [-0.15, -0.1) is 0 Å². The Morgan fingerprint density at radius 2 is 0.918 bits per heavy atom. The third-order valence-corrected chi connectivity index (χ3v) is 9.89. The lowest BCUT2D eigenvalue weighted by molar-refractivity contribution is 1.28. The number of allylic oxidation sites excluding steroid dienone is 1. The van der Waals surface area contributed by atoms with Crippen molar-refractivity contribution in [2.24, 2.45) is 0 Å². The highest BCUT2D eigenvalue weighted by atomic mass is 14.2. The van der Waals surface area contributed by atoms with Crippen molar-refractivity contribution in [3.63, 3.8) is 0 Å². The van der Waals surface area contributed by atoms with Gasteiger partial charge in [0.1, 0.15) is 0 Å². The van der Waals surface area contributed by atoms with Gasteiger partial charge < -0.3 is 0 Å². The van der Waals surface area contributed by atoms with E-state index in [0.29, 0.717) is 0 Å². The molecule has 0 radical (unpaired) electrons. The maximum Gasteiger partial charge on any atom is -0.00141 e. The molecule has 0 spiro atoms. The second kappa shape index (κ2) is 12.4. The molecule has 49 heavy (non-hydrogen) atoms. The summed E-state index contributed by atoms with van der Waals surface area (Å²) in [6.07, 6.45) is 5.40. The number of rotatable bonds is 6. The maximum atomic E-state index is 2.32. The Balaban J connectivity index is 1.05. The predicted molar refractivity (Wildman–Crippen MR) is 212 cm³/mol. The molecule has 9 aromatic carbocycles. The first kappa shape index (κ1) is 28.9. The summed E-state index contributed by atoms with van der Waals surface area (Å²) in [5, 5.41) is 10.3. The van der Waals surface area contributed by atoms with E-state index in [9.17, 15) is 0 Å². The van der Waals surface area contributed by atoms with Crippen LogP contribution in [0.15, 0.2) is 188 Å². The zero-order valence-electron chi connectivity index (χ0n) is 27.2. The molecule has 0 saturated carbocycles. The average Bonchev–Trinajstić information content (AvgIpc) is 3.17. The molecule has 230 valence electrons. The van der Waals surface area contributed by atoms with Crippen LogP contribution in [-0.4, -0.2) is 0 Å². The standard InChI is InChI=1S/C49H34/c1-2-16-39(17-3-1)48-45-22-9-8-21-44(45)47(46-33-32-37-15-5-7-20-43(37)49(46)48)40-30-26-35(27-31-40)13-10-12-34-24-28-38(29-25-34)42-23-11-18-36-14-4-6-19-41(36)42/h1-11,13-33H,12H2/b13-10+. The summed E-state index contributed by atoms with van der Waals surface area (Å²) < 4.78 is 0. The number of hydrogen-bond acceptors (Lipinski definition) is 0. The molecule has 0 bridgehead atoms. The molecule has 0 aliphatic rings. The van der Waals surface area contributed by atoms with Gasteiger partial charge in [-0.25, -0.2) is 0 Å². The van der Waals surface area contributed by atoms with Crippen molar-refractivity contribution in [1.82, 2.24) is 0 Å². The molecule has 0 aromatic heterocycles. The molecule has 9 aromatic rings. The summed E-state index contributed by atoms with van der Waals surface area (Å²) in [5.41, 5.74) is 10.1. The van der Waals surface area contributed by atoms with E-state index < -0.39 is 0 Å². The van der Waals surface area contributed by atoms with Crippen LogP contribution in [0.5, 0.6) is 0 Å². The minimum absolute atomic E-state index is 0.890. The maximum absolute atomic E-state index is 2.32. The Bertz CT molecular complexity index is 2640. The van der Waals surface area contributed by atoms with Crippen molar-refractivity contribution in [1.29, 1.82) is 0 Å². The van der Waals surface area contributed by atoms with Gasteiger partial charge in [0.25, 0.3) is 0 Å². The van der Waals surface area contributed by atoms with Gasteiger partial charge in [0.2, 0.25) is 0 Å². The summed E-state index contributed by atoms with van der Waals surface area (Å²) in [6, 6.07) is 66.4. The Morgan fingerprint density at radius 3 is 1.67 bits per heavy atom. The van der Waals surface area contributed by atoms with Crippen LogP contribution in [0.3, 0.4) is 0 Å². The lowest BCUT2D eigenvalue weighted by Crippen LogP contribution is -1.92. The zero-order chi connectivity index (χ0) is 32.6. The van der Waals surface area contributed by atoms with Crippen molar-refractivity contribution < 1.29 is 0 Å². The first-order valence-corrected chi connectivity index (χ1v) is 17.1. The minimum Gasteiger partial charge on any atom is -0.0795 e. The Labute approximate surface area is 287 Å². The van der Waals surface area contributed by atoms with Crippen LogP contribution in [0.2, 0.25) is 0 Å². The molecular formula is C49H34. The van der Waals surface area contributed by atoms with E-state index in [2.05, 4.69) is 194 Å². The monoisotopic (exact) mass is 622 g/mol. The van der Waals surface area contributed by atoms with Crippen LogP contribution in [0.1, 0.15) is 11.1 Å². The molecule has 0 unspecified atom stereocenters. The zero-order valence-corrected chi connectivity index (χ0v) is 27.2. The molecule has 0 heteroatoms. The fourth-order valence-electron chi connectivity index (χ4n) is 7.55. The van der Waals surface area contributed by atoms with Crippen molar-refractivity contribution in [3.8, 4) is 33.4 Å². The first-order chi connectivity index (χ1) is 24.3. The van der Waals surface area contributed by atoms with Crippen LogP contribution in [0, 0.1) is 0 Å². The van der Waals surface area contributed by atoms with Crippen LogP contribution >= 0.6 is 0 Å². The molecule has 0 atom stereocenters. The molecular weight excluding hydrogens is 589 g/mol. The highest BCUT2D eigenvalue weighted by molar-refractivity contribution is 6.27. The Morgan fingerprint density at radius 1 is 0.347 bits per heavy atom. The number of hydrogen-bond donors (Lipinski definition) is 0. The Kier molecular flexibility index (Phi) is 7.33. The normalized spacial score (nSPS) is 11.7. The van der Waals surface area contributed by atoms with Crippen LogP contribution in [0.25, 0.3) is 82.5 Å².